The zero-order chi connectivity index (χ0) is 16.3. The minimum atomic E-state index is -3.57. The third-order valence-corrected chi connectivity index (χ3v) is 5.45. The summed E-state index contributed by atoms with van der Waals surface area (Å²) in [6.45, 7) is 3.50. The van der Waals surface area contributed by atoms with E-state index in [1.807, 2.05) is 18.2 Å². The van der Waals surface area contributed by atoms with Crippen LogP contribution in [0.15, 0.2) is 30.5 Å². The van der Waals surface area contributed by atoms with Gasteiger partial charge in [0.05, 0.1) is 6.10 Å². The van der Waals surface area contributed by atoms with Crippen molar-refractivity contribution in [3.63, 3.8) is 0 Å². The number of carbonyl (C=O) groups excluding carboxylic acids is 1. The first-order valence-corrected chi connectivity index (χ1v) is 8.51. The molecule has 0 spiro atoms. The smallest absolute Gasteiger partial charge is 0.415 e. The van der Waals surface area contributed by atoms with E-state index in [0.717, 1.165) is 5.56 Å². The molecule has 0 aliphatic carbocycles. The van der Waals surface area contributed by atoms with Gasteiger partial charge in [-0.15, -0.1) is 0 Å². The average molecular weight is 325 g/mol. The van der Waals surface area contributed by atoms with Crippen LogP contribution in [0.4, 0.5) is 4.79 Å². The van der Waals surface area contributed by atoms with Crippen molar-refractivity contribution in [2.75, 3.05) is 14.2 Å². The summed E-state index contributed by atoms with van der Waals surface area (Å²) in [6.07, 6.45) is 2.43. The molecule has 1 amide bonds. The second-order valence-corrected chi connectivity index (χ2v) is 7.36. The quantitative estimate of drug-likeness (QED) is 0.783. The molecule has 1 unspecified atom stereocenters. The fourth-order valence-electron chi connectivity index (χ4n) is 2.31. The average Bonchev–Trinajstić information content (AvgIpc) is 2.52. The molecule has 7 heteroatoms. The highest BCUT2D eigenvalue weighted by molar-refractivity contribution is 7.54. The van der Waals surface area contributed by atoms with E-state index in [-0.39, 0.29) is 6.10 Å². The molecule has 0 bridgehead atoms. The lowest BCUT2D eigenvalue weighted by molar-refractivity contribution is 0.0818. The van der Waals surface area contributed by atoms with Crippen molar-refractivity contribution in [2.24, 2.45) is 0 Å². The van der Waals surface area contributed by atoms with Crippen molar-refractivity contribution in [1.29, 1.82) is 0 Å². The zero-order valence-corrected chi connectivity index (χ0v) is 13.9. The molecule has 6 nitrogen and oxygen atoms in total. The Hall–Kier alpha value is -1.62. The topological polar surface area (TPSA) is 65.1 Å². The lowest BCUT2D eigenvalue weighted by Crippen LogP contribution is -2.34. The number of carbonyl (C=O) groups is 1. The van der Waals surface area contributed by atoms with Crippen molar-refractivity contribution in [1.82, 2.24) is 4.90 Å². The van der Waals surface area contributed by atoms with Crippen LogP contribution in [-0.2, 0) is 18.3 Å². The third kappa shape index (κ3) is 3.09. The maximum absolute atomic E-state index is 12.9. The number of hydrogen-bond acceptors (Lipinski definition) is 5. The van der Waals surface area contributed by atoms with Gasteiger partial charge in [0, 0.05) is 20.4 Å². The van der Waals surface area contributed by atoms with Crippen molar-refractivity contribution in [3.8, 4) is 0 Å². The Bertz CT molecular complexity index is 620. The van der Waals surface area contributed by atoms with Crippen LogP contribution in [0.5, 0.6) is 0 Å². The molecule has 0 saturated carbocycles. The lowest BCUT2D eigenvalue weighted by Gasteiger charge is -2.35. The fourth-order valence-corrected chi connectivity index (χ4v) is 3.91. The van der Waals surface area contributed by atoms with Gasteiger partial charge in [0.15, 0.2) is 5.78 Å². The van der Waals surface area contributed by atoms with E-state index in [0.29, 0.717) is 5.56 Å². The Morgan fingerprint density at radius 3 is 2.45 bits per heavy atom. The SMILES string of the molecule is COP(=O)(OC)C1c2ccccc2C=CN1C(=O)OC(C)C. The molecule has 1 aliphatic rings. The fraction of sp³-hybridized carbons (Fsp3) is 0.400. The molecule has 1 atom stereocenters. The molecule has 1 aromatic carbocycles. The monoisotopic (exact) mass is 325 g/mol. The maximum Gasteiger partial charge on any atom is 0.415 e. The van der Waals surface area contributed by atoms with Crippen molar-refractivity contribution >= 4 is 19.8 Å². The van der Waals surface area contributed by atoms with E-state index < -0.39 is 19.5 Å². The molecule has 0 aromatic heterocycles. The summed E-state index contributed by atoms with van der Waals surface area (Å²) in [6, 6.07) is 7.35. The van der Waals surface area contributed by atoms with Gasteiger partial charge in [0.2, 0.25) is 0 Å². The normalized spacial score (nSPS) is 17.5. The summed E-state index contributed by atoms with van der Waals surface area (Å²) in [5, 5.41) is 0. The van der Waals surface area contributed by atoms with Crippen LogP contribution < -0.4 is 0 Å². The van der Waals surface area contributed by atoms with Crippen molar-refractivity contribution in [3.05, 3.63) is 41.6 Å². The van der Waals surface area contributed by atoms with Gasteiger partial charge in [0.1, 0.15) is 0 Å². The van der Waals surface area contributed by atoms with Crippen LogP contribution in [0, 0.1) is 0 Å². The van der Waals surface area contributed by atoms with E-state index >= 15 is 0 Å². The van der Waals surface area contributed by atoms with E-state index in [9.17, 15) is 9.36 Å². The Morgan fingerprint density at radius 1 is 1.23 bits per heavy atom. The number of amides is 1. The first kappa shape index (κ1) is 16.7. The van der Waals surface area contributed by atoms with Crippen molar-refractivity contribution in [2.45, 2.75) is 25.7 Å². The van der Waals surface area contributed by atoms with Gasteiger partial charge in [0.25, 0.3) is 0 Å². The van der Waals surface area contributed by atoms with Crippen LogP contribution in [0.2, 0.25) is 0 Å². The van der Waals surface area contributed by atoms with Crippen LogP contribution in [0.1, 0.15) is 30.8 Å². The summed E-state index contributed by atoms with van der Waals surface area (Å²) < 4.78 is 28.4. The van der Waals surface area contributed by atoms with Crippen LogP contribution in [0.3, 0.4) is 0 Å². The Balaban J connectivity index is 2.51. The molecule has 1 aromatic rings. The van der Waals surface area contributed by atoms with Gasteiger partial charge in [-0.25, -0.2) is 4.79 Å². The van der Waals surface area contributed by atoms with Gasteiger partial charge < -0.3 is 13.8 Å². The van der Waals surface area contributed by atoms with E-state index in [4.69, 9.17) is 13.8 Å². The number of rotatable bonds is 4. The minimum Gasteiger partial charge on any atom is -0.446 e. The van der Waals surface area contributed by atoms with Gasteiger partial charge in [-0.2, -0.15) is 0 Å². The number of nitrogens with zero attached hydrogens (tertiary/aromatic N) is 1. The highest BCUT2D eigenvalue weighted by Gasteiger charge is 2.44. The Kier molecular flexibility index (Phi) is 5.06. The molecular formula is C15H20NO5P. The van der Waals surface area contributed by atoms with E-state index in [2.05, 4.69) is 0 Å². The number of hydrogen-bond donors (Lipinski definition) is 0. The van der Waals surface area contributed by atoms with Gasteiger partial charge >= 0.3 is 13.7 Å². The van der Waals surface area contributed by atoms with Crippen LogP contribution in [0.25, 0.3) is 6.08 Å². The Morgan fingerprint density at radius 2 is 1.86 bits per heavy atom. The van der Waals surface area contributed by atoms with E-state index in [1.165, 1.54) is 19.1 Å². The number of benzene rings is 1. The molecule has 1 aliphatic heterocycles. The molecule has 22 heavy (non-hydrogen) atoms. The lowest BCUT2D eigenvalue weighted by atomic mass is 10.0. The second-order valence-electron chi connectivity index (χ2n) is 5.06. The van der Waals surface area contributed by atoms with Crippen LogP contribution in [-0.4, -0.2) is 31.3 Å². The molecule has 0 N–H and O–H groups in total. The molecule has 0 radical (unpaired) electrons. The second kappa shape index (κ2) is 6.65. The molecular weight excluding hydrogens is 305 g/mol. The zero-order valence-electron chi connectivity index (χ0n) is 13.1. The standard InChI is InChI=1S/C15H20NO5P/c1-11(2)21-15(17)16-10-9-12-7-5-6-8-13(12)14(16)22(18,19-3)20-4/h5-11,14H,1-4H3. The Labute approximate surface area is 130 Å². The highest BCUT2D eigenvalue weighted by atomic mass is 31.2. The van der Waals surface area contributed by atoms with Crippen LogP contribution >= 0.6 is 7.60 Å². The van der Waals surface area contributed by atoms with Gasteiger partial charge in [-0.05, 0) is 31.1 Å². The summed E-state index contributed by atoms with van der Waals surface area (Å²) in [5.41, 5.74) is 1.55. The molecule has 120 valence electrons. The largest absolute Gasteiger partial charge is 0.446 e. The van der Waals surface area contributed by atoms with E-state index in [1.54, 1.807) is 32.2 Å². The molecule has 2 rings (SSSR count). The highest BCUT2D eigenvalue weighted by Crippen LogP contribution is 2.62. The first-order valence-electron chi connectivity index (χ1n) is 6.90. The van der Waals surface area contributed by atoms with Gasteiger partial charge in [-0.3, -0.25) is 9.46 Å². The molecule has 0 fully saturated rings. The summed E-state index contributed by atoms with van der Waals surface area (Å²) in [4.78, 5) is 13.6. The molecule has 1 heterocycles. The third-order valence-electron chi connectivity index (χ3n) is 3.31. The minimum absolute atomic E-state index is 0.289. The first-order chi connectivity index (χ1) is 10.4. The summed E-state index contributed by atoms with van der Waals surface area (Å²) >= 11 is 0. The predicted molar refractivity (Wildman–Crippen MR) is 83.3 cm³/mol. The summed E-state index contributed by atoms with van der Waals surface area (Å²) in [5.74, 6) is -0.880. The van der Waals surface area contributed by atoms with Crippen molar-refractivity contribution < 1.29 is 23.1 Å². The molecule has 0 saturated heterocycles. The number of ether oxygens (including phenoxy) is 1. The summed E-state index contributed by atoms with van der Waals surface area (Å²) in [7, 11) is -0.963. The predicted octanol–water partition coefficient (Wildman–Crippen LogP) is 4.00. The maximum atomic E-state index is 12.9. The van der Waals surface area contributed by atoms with Gasteiger partial charge in [-0.1, -0.05) is 24.3 Å². The number of fused-ring (bicyclic) bond motifs is 1.